The molecule has 0 saturated carbocycles. The molecular weight excluding hydrogens is 460 g/mol. The van der Waals surface area contributed by atoms with Crippen LogP contribution in [0.1, 0.15) is 46.0 Å². The summed E-state index contributed by atoms with van der Waals surface area (Å²) in [7, 11) is 0. The molecule has 0 saturated heterocycles. The molecule has 0 unspecified atom stereocenters. The molecule has 0 aliphatic rings. The van der Waals surface area contributed by atoms with Gasteiger partial charge in [-0.1, -0.05) is 13.8 Å². The Morgan fingerprint density at radius 2 is 1.09 bits per heavy atom. The Balaban J connectivity index is 5.64. The highest BCUT2D eigenvalue weighted by atomic mass is 16.4. The number of aliphatic carboxylic acids is 4. The molecule has 4 atom stereocenters. The number of rotatable bonds is 16. The molecule has 0 bridgehead atoms. The minimum absolute atomic E-state index is 0.435. The number of amides is 3. The van der Waals surface area contributed by atoms with Gasteiger partial charge >= 0.3 is 23.9 Å². The van der Waals surface area contributed by atoms with Gasteiger partial charge in [0.1, 0.15) is 18.1 Å². The smallest absolute Gasteiger partial charge is 0.326 e. The zero-order valence-electron chi connectivity index (χ0n) is 18.6. The van der Waals surface area contributed by atoms with Crippen molar-refractivity contribution in [2.75, 3.05) is 0 Å². The first kappa shape index (κ1) is 30.2. The standard InChI is InChI=1S/C19H30N4O11/c1-8(2)15(19(33)34)23-18(32)11(4-6-13(26)27)22-17(31)10(3-5-12(24)25)21-16(30)9(20)7-14(28)29/h8-11,15H,3-7,20H2,1-2H3,(H,21,30)(H,22,31)(H,23,32)(H,24,25)(H,26,27)(H,28,29)(H,33,34)/t9-,10-,11-,15-/m0/s1. The fraction of sp³-hybridized carbons (Fsp3) is 0.632. The van der Waals surface area contributed by atoms with Crippen LogP contribution in [0.2, 0.25) is 0 Å². The second-order valence-electron chi connectivity index (χ2n) is 7.76. The molecular formula is C19H30N4O11. The molecule has 3 amide bonds. The van der Waals surface area contributed by atoms with Crippen molar-refractivity contribution < 1.29 is 54.0 Å². The molecule has 9 N–H and O–H groups in total. The predicted molar refractivity (Wildman–Crippen MR) is 112 cm³/mol. The molecule has 0 aromatic rings. The third-order valence-electron chi connectivity index (χ3n) is 4.52. The summed E-state index contributed by atoms with van der Waals surface area (Å²) in [6, 6.07) is -5.97. The Morgan fingerprint density at radius 1 is 0.676 bits per heavy atom. The molecule has 0 rings (SSSR count). The zero-order valence-corrected chi connectivity index (χ0v) is 18.6. The lowest BCUT2D eigenvalue weighted by atomic mass is 10.0. The van der Waals surface area contributed by atoms with Gasteiger partial charge in [0.15, 0.2) is 0 Å². The van der Waals surface area contributed by atoms with E-state index in [1.807, 2.05) is 0 Å². The lowest BCUT2D eigenvalue weighted by molar-refractivity contribution is -0.144. The van der Waals surface area contributed by atoms with Gasteiger partial charge in [-0.05, 0) is 18.8 Å². The van der Waals surface area contributed by atoms with Crippen LogP contribution in [0, 0.1) is 5.92 Å². The molecule has 15 heteroatoms. The van der Waals surface area contributed by atoms with E-state index in [0.29, 0.717) is 0 Å². The van der Waals surface area contributed by atoms with Crippen LogP contribution in [-0.4, -0.2) is 86.2 Å². The summed E-state index contributed by atoms with van der Waals surface area (Å²) in [6.07, 6.45) is -2.83. The Kier molecular flexibility index (Phi) is 12.8. The van der Waals surface area contributed by atoms with Crippen LogP contribution in [0.3, 0.4) is 0 Å². The first-order valence-corrected chi connectivity index (χ1v) is 10.2. The SMILES string of the molecule is CC(C)[C@H](NC(=O)[C@H](CCC(=O)O)NC(=O)[C@H](CCC(=O)O)NC(=O)[C@@H](N)CC(=O)O)C(=O)O. The fourth-order valence-electron chi connectivity index (χ4n) is 2.67. The monoisotopic (exact) mass is 490 g/mol. The third-order valence-corrected chi connectivity index (χ3v) is 4.52. The van der Waals surface area contributed by atoms with E-state index < -0.39 is 104 Å². The van der Waals surface area contributed by atoms with Crippen LogP contribution in [-0.2, 0) is 33.6 Å². The number of carboxylic acids is 4. The summed E-state index contributed by atoms with van der Waals surface area (Å²) >= 11 is 0. The topological polar surface area (TPSA) is 263 Å². The Hall–Kier alpha value is -3.75. The maximum absolute atomic E-state index is 12.7. The number of carboxylic acid groups (broad SMARTS) is 4. The van der Waals surface area contributed by atoms with Gasteiger partial charge in [-0.3, -0.25) is 28.8 Å². The van der Waals surface area contributed by atoms with Crippen molar-refractivity contribution in [1.82, 2.24) is 16.0 Å². The summed E-state index contributed by atoms with van der Waals surface area (Å²) in [5.41, 5.74) is 5.44. The molecule has 0 radical (unpaired) electrons. The Morgan fingerprint density at radius 3 is 1.44 bits per heavy atom. The normalized spacial score (nSPS) is 14.2. The summed E-state index contributed by atoms with van der Waals surface area (Å²) in [5, 5.41) is 42.3. The average Bonchev–Trinajstić information content (AvgIpc) is 2.70. The summed E-state index contributed by atoms with van der Waals surface area (Å²) < 4.78 is 0. The maximum atomic E-state index is 12.7. The predicted octanol–water partition coefficient (Wildman–Crippen LogP) is -2.29. The number of nitrogens with one attached hydrogen (secondary N) is 3. The number of carbonyl (C=O) groups is 7. The van der Waals surface area contributed by atoms with Crippen LogP contribution >= 0.6 is 0 Å². The van der Waals surface area contributed by atoms with E-state index in [0.717, 1.165) is 0 Å². The van der Waals surface area contributed by atoms with Crippen LogP contribution in [0.25, 0.3) is 0 Å². The van der Waals surface area contributed by atoms with Gasteiger partial charge in [0.25, 0.3) is 0 Å². The lowest BCUT2D eigenvalue weighted by Crippen LogP contribution is -2.57. The number of nitrogens with two attached hydrogens (primary N) is 1. The lowest BCUT2D eigenvalue weighted by Gasteiger charge is -2.25. The number of carbonyl (C=O) groups excluding carboxylic acids is 3. The van der Waals surface area contributed by atoms with E-state index in [1.165, 1.54) is 13.8 Å². The van der Waals surface area contributed by atoms with E-state index in [2.05, 4.69) is 16.0 Å². The maximum Gasteiger partial charge on any atom is 0.326 e. The number of hydrogen-bond acceptors (Lipinski definition) is 8. The first-order chi connectivity index (χ1) is 15.6. The van der Waals surface area contributed by atoms with Crippen molar-refractivity contribution in [3.8, 4) is 0 Å². The highest BCUT2D eigenvalue weighted by Crippen LogP contribution is 2.07. The largest absolute Gasteiger partial charge is 0.481 e. The molecule has 0 spiro atoms. The van der Waals surface area contributed by atoms with Gasteiger partial charge in [0, 0.05) is 12.8 Å². The van der Waals surface area contributed by atoms with E-state index in [9.17, 15) is 38.7 Å². The molecule has 34 heavy (non-hydrogen) atoms. The van der Waals surface area contributed by atoms with Gasteiger partial charge in [-0.25, -0.2) is 4.79 Å². The van der Waals surface area contributed by atoms with Gasteiger partial charge in [-0.2, -0.15) is 0 Å². The van der Waals surface area contributed by atoms with E-state index >= 15 is 0 Å². The molecule has 0 aliphatic carbocycles. The quantitative estimate of drug-likeness (QED) is 0.114. The molecule has 0 aromatic heterocycles. The minimum Gasteiger partial charge on any atom is -0.481 e. The molecule has 0 aliphatic heterocycles. The second kappa shape index (κ2) is 14.4. The van der Waals surface area contributed by atoms with Crippen LogP contribution in [0.4, 0.5) is 0 Å². The molecule has 192 valence electrons. The van der Waals surface area contributed by atoms with Crippen molar-refractivity contribution in [3.63, 3.8) is 0 Å². The second-order valence-corrected chi connectivity index (χ2v) is 7.76. The highest BCUT2D eigenvalue weighted by molar-refractivity contribution is 5.95. The van der Waals surface area contributed by atoms with Crippen molar-refractivity contribution in [2.45, 2.75) is 70.1 Å². The van der Waals surface area contributed by atoms with Gasteiger partial charge < -0.3 is 42.1 Å². The minimum atomic E-state index is -1.55. The Bertz CT molecular complexity index is 799. The van der Waals surface area contributed by atoms with Crippen molar-refractivity contribution in [1.29, 1.82) is 0 Å². The van der Waals surface area contributed by atoms with Gasteiger partial charge in [-0.15, -0.1) is 0 Å². The van der Waals surface area contributed by atoms with Crippen LogP contribution in [0.15, 0.2) is 0 Å². The van der Waals surface area contributed by atoms with Gasteiger partial charge in [0.2, 0.25) is 17.7 Å². The van der Waals surface area contributed by atoms with Crippen LogP contribution < -0.4 is 21.7 Å². The van der Waals surface area contributed by atoms with Crippen molar-refractivity contribution >= 4 is 41.6 Å². The van der Waals surface area contributed by atoms with Crippen LogP contribution in [0.5, 0.6) is 0 Å². The first-order valence-electron chi connectivity index (χ1n) is 10.2. The van der Waals surface area contributed by atoms with E-state index in [1.54, 1.807) is 0 Å². The van der Waals surface area contributed by atoms with Crippen molar-refractivity contribution in [2.24, 2.45) is 11.7 Å². The highest BCUT2D eigenvalue weighted by Gasteiger charge is 2.32. The van der Waals surface area contributed by atoms with Gasteiger partial charge in [0.05, 0.1) is 12.5 Å². The molecule has 0 aromatic carbocycles. The van der Waals surface area contributed by atoms with E-state index in [-0.39, 0.29) is 0 Å². The summed E-state index contributed by atoms with van der Waals surface area (Å²) in [6.45, 7) is 3.03. The summed E-state index contributed by atoms with van der Waals surface area (Å²) in [4.78, 5) is 81.4. The molecule has 15 nitrogen and oxygen atoms in total. The summed E-state index contributed by atoms with van der Waals surface area (Å²) in [5.74, 6) is -9.05. The molecule has 0 fully saturated rings. The fourth-order valence-corrected chi connectivity index (χ4v) is 2.67. The van der Waals surface area contributed by atoms with Crippen molar-refractivity contribution in [3.05, 3.63) is 0 Å². The Labute approximate surface area is 194 Å². The zero-order chi connectivity index (χ0) is 26.6. The number of hydrogen-bond donors (Lipinski definition) is 8. The average molecular weight is 490 g/mol. The molecule has 0 heterocycles. The third kappa shape index (κ3) is 11.8. The van der Waals surface area contributed by atoms with E-state index in [4.69, 9.17) is 21.1 Å².